The van der Waals surface area contributed by atoms with Gasteiger partial charge in [-0.05, 0) is 29.5 Å². The second-order valence-electron chi connectivity index (χ2n) is 3.35. The third-order valence-corrected chi connectivity index (χ3v) is 2.34. The van der Waals surface area contributed by atoms with Gasteiger partial charge in [-0.15, -0.1) is 0 Å². The molecular formula is C11H15N3O. The molecular weight excluding hydrogens is 190 g/mol. The minimum Gasteiger partial charge on any atom is -0.388 e. The summed E-state index contributed by atoms with van der Waals surface area (Å²) in [5.41, 5.74) is 10.2. The maximum absolute atomic E-state index is 9.73. The van der Waals surface area contributed by atoms with Crippen molar-refractivity contribution < 1.29 is 5.11 Å². The molecule has 0 spiro atoms. The first kappa shape index (κ1) is 11.6. The Kier molecular flexibility index (Phi) is 4.68. The lowest BCUT2D eigenvalue weighted by atomic mass is 10.0. The van der Waals surface area contributed by atoms with E-state index in [1.807, 2.05) is 24.3 Å². The van der Waals surface area contributed by atoms with Crippen LogP contribution in [0.2, 0.25) is 0 Å². The van der Waals surface area contributed by atoms with E-state index < -0.39 is 6.10 Å². The first-order valence-electron chi connectivity index (χ1n) is 5.05. The van der Waals surface area contributed by atoms with Crippen molar-refractivity contribution in [2.24, 2.45) is 5.11 Å². The fourth-order valence-electron chi connectivity index (χ4n) is 1.37. The molecule has 0 amide bonds. The van der Waals surface area contributed by atoms with Gasteiger partial charge in [-0.25, -0.2) is 0 Å². The number of hydrogen-bond donors (Lipinski definition) is 1. The van der Waals surface area contributed by atoms with Crippen LogP contribution in [0.5, 0.6) is 0 Å². The normalized spacial score (nSPS) is 11.9. The maximum atomic E-state index is 9.73. The summed E-state index contributed by atoms with van der Waals surface area (Å²) < 4.78 is 0. The minimum atomic E-state index is -0.540. The zero-order valence-corrected chi connectivity index (χ0v) is 8.80. The van der Waals surface area contributed by atoms with Gasteiger partial charge in [0.25, 0.3) is 0 Å². The summed E-state index contributed by atoms with van der Waals surface area (Å²) in [6.07, 6.45) is 0.923. The summed E-state index contributed by atoms with van der Waals surface area (Å²) in [6, 6.07) is 7.84. The molecule has 1 unspecified atom stereocenters. The largest absolute Gasteiger partial charge is 0.388 e. The number of aliphatic hydroxyl groups is 1. The predicted molar refractivity (Wildman–Crippen MR) is 59.4 cm³/mol. The predicted octanol–water partition coefficient (Wildman–Crippen LogP) is 2.98. The van der Waals surface area contributed by atoms with E-state index in [2.05, 4.69) is 16.9 Å². The second-order valence-corrected chi connectivity index (χ2v) is 3.35. The summed E-state index contributed by atoms with van der Waals surface area (Å²) in [7, 11) is 0. The molecule has 1 N–H and O–H groups in total. The lowest BCUT2D eigenvalue weighted by Gasteiger charge is -2.09. The van der Waals surface area contributed by atoms with Crippen molar-refractivity contribution in [3.05, 3.63) is 45.8 Å². The second kappa shape index (κ2) is 6.06. The van der Waals surface area contributed by atoms with Gasteiger partial charge in [0.15, 0.2) is 0 Å². The monoisotopic (exact) mass is 205 g/mol. The smallest absolute Gasteiger partial charge is 0.0791 e. The van der Waals surface area contributed by atoms with Crippen molar-refractivity contribution in [1.29, 1.82) is 0 Å². The van der Waals surface area contributed by atoms with Crippen LogP contribution in [0.4, 0.5) is 0 Å². The van der Waals surface area contributed by atoms with Gasteiger partial charge in [0.1, 0.15) is 0 Å². The van der Waals surface area contributed by atoms with E-state index in [0.717, 1.165) is 12.0 Å². The highest BCUT2D eigenvalue weighted by Crippen LogP contribution is 2.17. The molecule has 80 valence electrons. The quantitative estimate of drug-likeness (QED) is 0.448. The van der Waals surface area contributed by atoms with E-state index in [4.69, 9.17) is 5.53 Å². The van der Waals surface area contributed by atoms with E-state index >= 15 is 0 Å². The van der Waals surface area contributed by atoms with Crippen molar-refractivity contribution >= 4 is 0 Å². The lowest BCUT2D eigenvalue weighted by Crippen LogP contribution is -1.99. The number of rotatable bonds is 5. The molecule has 0 saturated heterocycles. The van der Waals surface area contributed by atoms with Crippen molar-refractivity contribution in [2.45, 2.75) is 25.9 Å². The highest BCUT2D eigenvalue weighted by atomic mass is 16.3. The number of benzene rings is 1. The Morgan fingerprint density at radius 1 is 1.40 bits per heavy atom. The van der Waals surface area contributed by atoms with Crippen LogP contribution in [0, 0.1) is 0 Å². The van der Waals surface area contributed by atoms with Crippen molar-refractivity contribution in [3.8, 4) is 0 Å². The number of aryl methyl sites for hydroxylation is 1. The number of azide groups is 1. The number of hydrogen-bond acceptors (Lipinski definition) is 2. The Morgan fingerprint density at radius 3 is 2.60 bits per heavy atom. The molecule has 15 heavy (non-hydrogen) atoms. The van der Waals surface area contributed by atoms with Gasteiger partial charge in [0.05, 0.1) is 6.10 Å². The summed E-state index contributed by atoms with van der Waals surface area (Å²) in [5.74, 6) is 0. The number of nitrogens with zero attached hydrogens (tertiary/aromatic N) is 3. The third kappa shape index (κ3) is 3.62. The van der Waals surface area contributed by atoms with Crippen LogP contribution < -0.4 is 0 Å². The maximum Gasteiger partial charge on any atom is 0.0791 e. The Bertz CT molecular complexity index is 341. The van der Waals surface area contributed by atoms with E-state index in [9.17, 15) is 5.11 Å². The molecule has 1 rings (SSSR count). The summed E-state index contributed by atoms with van der Waals surface area (Å²) >= 11 is 0. The van der Waals surface area contributed by atoms with E-state index in [-0.39, 0.29) is 0 Å². The lowest BCUT2D eigenvalue weighted by molar-refractivity contribution is 0.170. The third-order valence-electron chi connectivity index (χ3n) is 2.34. The minimum absolute atomic E-state index is 0.327. The van der Waals surface area contributed by atoms with Crippen LogP contribution in [0.1, 0.15) is 30.6 Å². The molecule has 0 heterocycles. The molecule has 0 aliphatic rings. The topological polar surface area (TPSA) is 69.0 Å². The van der Waals surface area contributed by atoms with Crippen molar-refractivity contribution in [2.75, 3.05) is 6.54 Å². The van der Waals surface area contributed by atoms with Gasteiger partial charge in [-0.1, -0.05) is 36.3 Å². The van der Waals surface area contributed by atoms with Gasteiger partial charge in [-0.2, -0.15) is 0 Å². The van der Waals surface area contributed by atoms with Gasteiger partial charge in [0.2, 0.25) is 0 Å². The molecule has 1 aromatic rings. The van der Waals surface area contributed by atoms with Crippen molar-refractivity contribution in [3.63, 3.8) is 0 Å². The molecule has 0 aliphatic heterocycles. The molecule has 0 saturated carbocycles. The van der Waals surface area contributed by atoms with Crippen LogP contribution in [-0.2, 0) is 6.42 Å². The molecule has 0 radical (unpaired) electrons. The summed E-state index contributed by atoms with van der Waals surface area (Å²) in [4.78, 5) is 2.64. The zero-order chi connectivity index (χ0) is 11.1. The van der Waals surface area contributed by atoms with E-state index in [1.165, 1.54) is 5.56 Å². The highest BCUT2D eigenvalue weighted by Gasteiger charge is 2.05. The van der Waals surface area contributed by atoms with Crippen LogP contribution in [0.3, 0.4) is 0 Å². The fourth-order valence-corrected chi connectivity index (χ4v) is 1.37. The first-order chi connectivity index (χ1) is 7.27. The van der Waals surface area contributed by atoms with Gasteiger partial charge < -0.3 is 5.11 Å². The zero-order valence-electron chi connectivity index (χ0n) is 8.80. The summed E-state index contributed by atoms with van der Waals surface area (Å²) in [6.45, 7) is 2.42. The Balaban J connectivity index is 2.57. The average molecular weight is 205 g/mol. The molecule has 4 nitrogen and oxygen atoms in total. The van der Waals surface area contributed by atoms with E-state index in [1.54, 1.807) is 0 Å². The summed E-state index contributed by atoms with van der Waals surface area (Å²) in [5, 5.41) is 13.1. The highest BCUT2D eigenvalue weighted by molar-refractivity contribution is 5.24. The molecule has 0 aliphatic carbocycles. The molecule has 0 fully saturated rings. The van der Waals surface area contributed by atoms with Gasteiger partial charge in [0, 0.05) is 11.5 Å². The Labute approximate surface area is 89.2 Å². The average Bonchev–Trinajstić information content (AvgIpc) is 2.29. The van der Waals surface area contributed by atoms with Crippen LogP contribution in [0.15, 0.2) is 29.4 Å². The van der Waals surface area contributed by atoms with Crippen LogP contribution in [-0.4, -0.2) is 11.7 Å². The van der Waals surface area contributed by atoms with Gasteiger partial charge >= 0.3 is 0 Å². The molecule has 0 bridgehead atoms. The molecule has 0 aromatic heterocycles. The van der Waals surface area contributed by atoms with Crippen LogP contribution in [0.25, 0.3) is 10.4 Å². The van der Waals surface area contributed by atoms with Gasteiger partial charge in [-0.3, -0.25) is 0 Å². The Morgan fingerprint density at radius 2 is 2.07 bits per heavy atom. The fraction of sp³-hybridized carbons (Fsp3) is 0.455. The Hall–Kier alpha value is -1.51. The number of aliphatic hydroxyl groups excluding tert-OH is 1. The standard InChI is InChI=1S/C11H15N3O/c1-2-9-3-5-10(6-4-9)11(15)7-8-13-14-12/h3-6,11,15H,2,7-8H2,1H3. The molecule has 1 aromatic carbocycles. The van der Waals surface area contributed by atoms with Crippen molar-refractivity contribution in [1.82, 2.24) is 0 Å². The SMILES string of the molecule is CCc1ccc(C(O)CCN=[N+]=[N-])cc1. The molecule has 1 atom stereocenters. The first-order valence-corrected chi connectivity index (χ1v) is 5.05. The van der Waals surface area contributed by atoms with E-state index in [0.29, 0.717) is 13.0 Å². The van der Waals surface area contributed by atoms with Crippen LogP contribution >= 0.6 is 0 Å². The molecule has 4 heteroatoms.